The Morgan fingerprint density at radius 3 is 1.41 bits per heavy atom. The van der Waals surface area contributed by atoms with Gasteiger partial charge in [0.1, 0.15) is 0 Å². The van der Waals surface area contributed by atoms with Crippen molar-refractivity contribution in [2.24, 2.45) is 0 Å². The standard InChI is InChI=1S/C23H43N2OP/c1-9-19(5)24(20(6)10-2)27(25(21(7)11-3)22(8)12-4)26-18-23-16-14-13-15-17-23/h13-17,19-22H,9-12,18H2,1-8H3. The summed E-state index contributed by atoms with van der Waals surface area (Å²) in [6.45, 7) is 19.3. The van der Waals surface area contributed by atoms with E-state index in [0.717, 1.165) is 25.7 Å². The van der Waals surface area contributed by atoms with Gasteiger partial charge in [-0.2, -0.15) is 0 Å². The molecule has 27 heavy (non-hydrogen) atoms. The van der Waals surface area contributed by atoms with Crippen LogP contribution in [0.25, 0.3) is 0 Å². The van der Waals surface area contributed by atoms with E-state index in [2.05, 4.69) is 95.1 Å². The first kappa shape index (κ1) is 24.6. The van der Waals surface area contributed by atoms with Gasteiger partial charge in [-0.15, -0.1) is 0 Å². The van der Waals surface area contributed by atoms with Gasteiger partial charge in [-0.05, 0) is 58.9 Å². The van der Waals surface area contributed by atoms with Crippen molar-refractivity contribution >= 4 is 8.45 Å². The molecule has 0 aliphatic rings. The van der Waals surface area contributed by atoms with Gasteiger partial charge in [0.05, 0.1) is 6.61 Å². The molecule has 3 nitrogen and oxygen atoms in total. The van der Waals surface area contributed by atoms with E-state index in [1.54, 1.807) is 0 Å². The Kier molecular flexibility index (Phi) is 11.7. The Morgan fingerprint density at radius 1 is 0.704 bits per heavy atom. The molecule has 0 heterocycles. The van der Waals surface area contributed by atoms with Crippen LogP contribution in [0.5, 0.6) is 0 Å². The lowest BCUT2D eigenvalue weighted by Crippen LogP contribution is -2.45. The predicted octanol–water partition coefficient (Wildman–Crippen LogP) is 7.23. The second-order valence-corrected chi connectivity index (χ2v) is 9.49. The van der Waals surface area contributed by atoms with Crippen molar-refractivity contribution in [1.82, 2.24) is 9.34 Å². The van der Waals surface area contributed by atoms with Crippen molar-refractivity contribution in [2.75, 3.05) is 0 Å². The molecule has 4 unspecified atom stereocenters. The monoisotopic (exact) mass is 394 g/mol. The summed E-state index contributed by atoms with van der Waals surface area (Å²) in [5.41, 5.74) is 1.26. The van der Waals surface area contributed by atoms with Crippen LogP contribution in [0.4, 0.5) is 0 Å². The van der Waals surface area contributed by atoms with Gasteiger partial charge in [0.25, 0.3) is 0 Å². The SMILES string of the molecule is CCC(C)N(C(C)CC)P(OCc1ccccc1)N(C(C)CC)C(C)CC. The molecule has 0 bridgehead atoms. The van der Waals surface area contributed by atoms with E-state index in [9.17, 15) is 0 Å². The van der Waals surface area contributed by atoms with Crippen molar-refractivity contribution in [3.8, 4) is 0 Å². The molecule has 156 valence electrons. The molecule has 0 amide bonds. The molecule has 0 radical (unpaired) electrons. The Morgan fingerprint density at radius 2 is 1.07 bits per heavy atom. The number of hydrogen-bond donors (Lipinski definition) is 0. The lowest BCUT2D eigenvalue weighted by molar-refractivity contribution is 0.158. The third-order valence-electron chi connectivity index (χ3n) is 5.75. The van der Waals surface area contributed by atoms with Crippen LogP contribution in [0.15, 0.2) is 30.3 Å². The molecule has 0 N–H and O–H groups in total. The second kappa shape index (κ2) is 12.9. The smallest absolute Gasteiger partial charge is 0.189 e. The Balaban J connectivity index is 3.24. The van der Waals surface area contributed by atoms with E-state index >= 15 is 0 Å². The minimum Gasteiger partial charge on any atom is -0.326 e. The van der Waals surface area contributed by atoms with Crippen LogP contribution in [0.3, 0.4) is 0 Å². The Hall–Kier alpha value is -0.470. The van der Waals surface area contributed by atoms with Gasteiger partial charge in [-0.25, -0.2) is 9.34 Å². The van der Waals surface area contributed by atoms with E-state index in [-0.39, 0.29) is 0 Å². The van der Waals surface area contributed by atoms with Crippen LogP contribution in [-0.4, -0.2) is 33.5 Å². The zero-order valence-electron chi connectivity index (χ0n) is 19.0. The van der Waals surface area contributed by atoms with Gasteiger partial charge in [0, 0.05) is 24.2 Å². The average molecular weight is 395 g/mol. The highest BCUT2D eigenvalue weighted by atomic mass is 31.2. The molecule has 0 saturated heterocycles. The summed E-state index contributed by atoms with van der Waals surface area (Å²) in [4.78, 5) is 0. The maximum atomic E-state index is 6.76. The van der Waals surface area contributed by atoms with Crippen molar-refractivity contribution < 1.29 is 4.52 Å². The summed E-state index contributed by atoms with van der Waals surface area (Å²) in [5, 5.41) is 0. The van der Waals surface area contributed by atoms with Crippen LogP contribution in [0, 0.1) is 0 Å². The van der Waals surface area contributed by atoms with Crippen molar-refractivity contribution in [3.05, 3.63) is 35.9 Å². The molecule has 0 aromatic heterocycles. The van der Waals surface area contributed by atoms with E-state index in [4.69, 9.17) is 4.52 Å². The summed E-state index contributed by atoms with van der Waals surface area (Å²) in [6, 6.07) is 12.7. The van der Waals surface area contributed by atoms with Crippen molar-refractivity contribution in [3.63, 3.8) is 0 Å². The maximum absolute atomic E-state index is 6.76. The maximum Gasteiger partial charge on any atom is 0.189 e. The van der Waals surface area contributed by atoms with E-state index < -0.39 is 8.45 Å². The highest BCUT2D eigenvalue weighted by Gasteiger charge is 2.37. The fourth-order valence-corrected chi connectivity index (χ4v) is 6.02. The fraction of sp³-hybridized carbons (Fsp3) is 0.739. The summed E-state index contributed by atoms with van der Waals surface area (Å²) in [7, 11) is -0.825. The van der Waals surface area contributed by atoms with Gasteiger partial charge in [-0.1, -0.05) is 58.0 Å². The highest BCUT2D eigenvalue weighted by Crippen LogP contribution is 2.52. The van der Waals surface area contributed by atoms with Gasteiger partial charge >= 0.3 is 0 Å². The van der Waals surface area contributed by atoms with Gasteiger partial charge in [0.2, 0.25) is 0 Å². The molecule has 0 aliphatic heterocycles. The van der Waals surface area contributed by atoms with Crippen LogP contribution in [0.1, 0.15) is 86.6 Å². The Labute approximate surface area is 170 Å². The van der Waals surface area contributed by atoms with Gasteiger partial charge < -0.3 is 4.52 Å². The molecule has 0 aliphatic carbocycles. The average Bonchev–Trinajstić information content (AvgIpc) is 2.71. The molecule has 1 rings (SSSR count). The Bertz CT molecular complexity index is 454. The number of rotatable bonds is 13. The summed E-state index contributed by atoms with van der Waals surface area (Å²) < 4.78 is 12.1. The van der Waals surface area contributed by atoms with Crippen LogP contribution >= 0.6 is 8.45 Å². The van der Waals surface area contributed by atoms with E-state index in [1.807, 2.05) is 0 Å². The summed E-state index contributed by atoms with van der Waals surface area (Å²) >= 11 is 0. The van der Waals surface area contributed by atoms with Crippen molar-refractivity contribution in [1.29, 1.82) is 0 Å². The first-order chi connectivity index (χ1) is 12.9. The molecular formula is C23H43N2OP. The minimum atomic E-state index is -0.825. The third-order valence-corrected chi connectivity index (χ3v) is 8.48. The molecule has 1 aromatic rings. The topological polar surface area (TPSA) is 15.7 Å². The lowest BCUT2D eigenvalue weighted by atomic mass is 10.2. The molecule has 0 spiro atoms. The molecule has 4 atom stereocenters. The zero-order valence-corrected chi connectivity index (χ0v) is 19.9. The first-order valence-corrected chi connectivity index (χ1v) is 12.1. The summed E-state index contributed by atoms with van der Waals surface area (Å²) in [5.74, 6) is 0. The number of benzene rings is 1. The van der Waals surface area contributed by atoms with Crippen LogP contribution < -0.4 is 0 Å². The predicted molar refractivity (Wildman–Crippen MR) is 121 cm³/mol. The largest absolute Gasteiger partial charge is 0.326 e. The molecular weight excluding hydrogens is 351 g/mol. The highest BCUT2D eigenvalue weighted by molar-refractivity contribution is 7.47. The minimum absolute atomic E-state index is 0.512. The lowest BCUT2D eigenvalue weighted by Gasteiger charge is -2.47. The number of nitrogens with zero attached hydrogens (tertiary/aromatic N) is 2. The first-order valence-electron chi connectivity index (χ1n) is 10.9. The molecule has 0 fully saturated rings. The zero-order chi connectivity index (χ0) is 20.4. The molecule has 1 aromatic carbocycles. The summed E-state index contributed by atoms with van der Waals surface area (Å²) in [6.07, 6.45) is 4.58. The van der Waals surface area contributed by atoms with E-state index in [0.29, 0.717) is 30.8 Å². The van der Waals surface area contributed by atoms with Crippen LogP contribution in [0.2, 0.25) is 0 Å². The number of hydrogen-bond acceptors (Lipinski definition) is 3. The van der Waals surface area contributed by atoms with E-state index in [1.165, 1.54) is 5.56 Å². The normalized spacial score (nSPS) is 17.7. The van der Waals surface area contributed by atoms with Crippen molar-refractivity contribution in [2.45, 2.75) is 112 Å². The fourth-order valence-electron chi connectivity index (χ4n) is 3.25. The second-order valence-electron chi connectivity index (χ2n) is 7.80. The van der Waals surface area contributed by atoms with Gasteiger partial charge in [0.15, 0.2) is 8.45 Å². The third kappa shape index (κ3) is 7.13. The molecule has 4 heteroatoms. The molecule has 0 saturated carbocycles. The quantitative estimate of drug-likeness (QED) is 0.328. The van der Waals surface area contributed by atoms with Crippen LogP contribution in [-0.2, 0) is 11.1 Å². The van der Waals surface area contributed by atoms with Gasteiger partial charge in [-0.3, -0.25) is 0 Å².